The summed E-state index contributed by atoms with van der Waals surface area (Å²) in [5, 5.41) is 0. The molecule has 0 rings (SSSR count). The van der Waals surface area contributed by atoms with Crippen LogP contribution in [0.5, 0.6) is 0 Å². The van der Waals surface area contributed by atoms with E-state index in [0.29, 0.717) is 0 Å². The van der Waals surface area contributed by atoms with Gasteiger partial charge in [-0.05, 0) is 32.7 Å². The molecule has 0 fully saturated rings. The average Bonchev–Trinajstić information content (AvgIpc) is 2.13. The predicted octanol–water partition coefficient (Wildman–Crippen LogP) is 2.13. The fourth-order valence-electron chi connectivity index (χ4n) is 0.926. The molecule has 2 nitrogen and oxygen atoms in total. The number of allylic oxidation sites excluding steroid dienone is 3. The van der Waals surface area contributed by atoms with Gasteiger partial charge in [0.2, 0.25) is 0 Å². The molecule has 0 saturated heterocycles. The van der Waals surface area contributed by atoms with E-state index in [1.165, 1.54) is 0 Å². The summed E-state index contributed by atoms with van der Waals surface area (Å²) in [6.07, 6.45) is 3.88. The van der Waals surface area contributed by atoms with Crippen LogP contribution < -0.4 is 0 Å². The number of hydrogen-bond donors (Lipinski definition) is 0. The van der Waals surface area contributed by atoms with Crippen LogP contribution >= 0.6 is 0 Å². The van der Waals surface area contributed by atoms with Gasteiger partial charge in [0.05, 0.1) is 0 Å². The third-order valence-corrected chi connectivity index (χ3v) is 2.09. The number of rotatable bonds is 6. The molecule has 0 aliphatic heterocycles. The average molecular weight is 194 g/mol. The highest BCUT2D eigenvalue weighted by molar-refractivity contribution is 5.24. The summed E-state index contributed by atoms with van der Waals surface area (Å²) in [7, 11) is 6.20. The van der Waals surface area contributed by atoms with Crippen molar-refractivity contribution in [2.24, 2.45) is 0 Å². The van der Waals surface area contributed by atoms with Crippen molar-refractivity contribution < 1.29 is 0 Å². The smallest absolute Gasteiger partial charge is 0.0302 e. The Balaban J connectivity index is 4.06. The normalized spacial score (nSPS) is 11.6. The number of nitrogens with zero attached hydrogens (tertiary/aromatic N) is 2. The fourth-order valence-corrected chi connectivity index (χ4v) is 0.926. The minimum absolute atomic E-state index is 0.993. The van der Waals surface area contributed by atoms with Gasteiger partial charge in [-0.25, -0.2) is 0 Å². The lowest BCUT2D eigenvalue weighted by Gasteiger charge is -2.21. The number of hydrogen-bond acceptors (Lipinski definition) is 2. The molecule has 14 heavy (non-hydrogen) atoms. The van der Waals surface area contributed by atoms with Gasteiger partial charge in [0, 0.05) is 25.8 Å². The van der Waals surface area contributed by atoms with Gasteiger partial charge in [0.25, 0.3) is 0 Å². The lowest BCUT2D eigenvalue weighted by Crippen LogP contribution is -2.27. The maximum Gasteiger partial charge on any atom is 0.0302 e. The minimum atomic E-state index is 0.993. The highest BCUT2D eigenvalue weighted by Crippen LogP contribution is 2.04. The second-order valence-corrected chi connectivity index (χ2v) is 3.81. The Hall–Kier alpha value is -1.02. The first-order valence-electron chi connectivity index (χ1n) is 4.83. The van der Waals surface area contributed by atoms with Crippen molar-refractivity contribution in [2.45, 2.75) is 6.92 Å². The molecule has 0 radical (unpaired) electrons. The molecule has 0 aromatic heterocycles. The topological polar surface area (TPSA) is 6.48 Å². The van der Waals surface area contributed by atoms with E-state index >= 15 is 0 Å². The van der Waals surface area contributed by atoms with Gasteiger partial charge in [0.1, 0.15) is 0 Å². The molecule has 0 aromatic rings. The third-order valence-electron chi connectivity index (χ3n) is 2.09. The Morgan fingerprint density at radius 3 is 2.21 bits per heavy atom. The van der Waals surface area contributed by atoms with Crippen LogP contribution in [0.2, 0.25) is 0 Å². The van der Waals surface area contributed by atoms with E-state index in [0.717, 1.165) is 24.4 Å². The van der Waals surface area contributed by atoms with Crippen LogP contribution in [0.1, 0.15) is 6.92 Å². The van der Waals surface area contributed by atoms with Gasteiger partial charge in [-0.2, -0.15) is 0 Å². The summed E-state index contributed by atoms with van der Waals surface area (Å²) >= 11 is 0. The van der Waals surface area contributed by atoms with E-state index in [9.17, 15) is 0 Å². The van der Waals surface area contributed by atoms with Crippen LogP contribution in [0.4, 0.5) is 0 Å². The van der Waals surface area contributed by atoms with Crippen molar-refractivity contribution >= 4 is 0 Å². The maximum atomic E-state index is 4.00. The van der Waals surface area contributed by atoms with Gasteiger partial charge < -0.3 is 9.80 Å². The standard InChI is InChI=1S/C12H22N2/c1-7-11(2)10-12(3)14(6)9-8-13(4)5/h7,10H,1,3,8-9H2,2,4-6H3/b11-10-. The molecule has 0 amide bonds. The zero-order chi connectivity index (χ0) is 11.1. The molecule has 0 unspecified atom stereocenters. The zero-order valence-electron chi connectivity index (χ0n) is 9.88. The van der Waals surface area contributed by atoms with Crippen LogP contribution in [0.3, 0.4) is 0 Å². The van der Waals surface area contributed by atoms with Crippen LogP contribution in [-0.4, -0.2) is 44.0 Å². The van der Waals surface area contributed by atoms with E-state index < -0.39 is 0 Å². The molecule has 0 atom stereocenters. The Bertz CT molecular complexity index is 226. The second kappa shape index (κ2) is 6.44. The molecule has 0 aliphatic carbocycles. The Morgan fingerprint density at radius 2 is 1.79 bits per heavy atom. The SMILES string of the molecule is C=C/C(C)=C\C(=C)N(C)CCN(C)C. The van der Waals surface area contributed by atoms with E-state index in [1.807, 2.05) is 19.1 Å². The summed E-state index contributed by atoms with van der Waals surface area (Å²) in [6.45, 7) is 11.8. The summed E-state index contributed by atoms with van der Waals surface area (Å²) in [5.74, 6) is 0. The zero-order valence-corrected chi connectivity index (χ0v) is 9.88. The van der Waals surface area contributed by atoms with Crippen molar-refractivity contribution in [3.8, 4) is 0 Å². The Morgan fingerprint density at radius 1 is 1.21 bits per heavy atom. The predicted molar refractivity (Wildman–Crippen MR) is 64.3 cm³/mol. The third kappa shape index (κ3) is 5.60. The monoisotopic (exact) mass is 194 g/mol. The van der Waals surface area contributed by atoms with Gasteiger partial charge >= 0.3 is 0 Å². The van der Waals surface area contributed by atoms with Gasteiger partial charge in [-0.15, -0.1) is 0 Å². The lowest BCUT2D eigenvalue weighted by molar-refractivity contribution is 0.331. The molecular weight excluding hydrogens is 172 g/mol. The first-order chi connectivity index (χ1) is 6.47. The van der Waals surface area contributed by atoms with Crippen molar-refractivity contribution in [1.82, 2.24) is 9.80 Å². The summed E-state index contributed by atoms with van der Waals surface area (Å²) < 4.78 is 0. The summed E-state index contributed by atoms with van der Waals surface area (Å²) in [6, 6.07) is 0. The Labute approximate surface area is 88.2 Å². The largest absolute Gasteiger partial charge is 0.374 e. The van der Waals surface area contributed by atoms with Crippen LogP contribution in [0.15, 0.2) is 36.6 Å². The van der Waals surface area contributed by atoms with Crippen molar-refractivity contribution in [1.29, 1.82) is 0 Å². The number of likely N-dealkylation sites (N-methyl/N-ethyl adjacent to an activating group) is 2. The first-order valence-corrected chi connectivity index (χ1v) is 4.83. The van der Waals surface area contributed by atoms with E-state index in [-0.39, 0.29) is 0 Å². The van der Waals surface area contributed by atoms with Crippen LogP contribution in [-0.2, 0) is 0 Å². The molecular formula is C12H22N2. The quantitative estimate of drug-likeness (QED) is 0.598. The highest BCUT2D eigenvalue weighted by Gasteiger charge is 1.99. The van der Waals surface area contributed by atoms with E-state index in [2.05, 4.69) is 44.1 Å². The molecule has 0 N–H and O–H groups in total. The van der Waals surface area contributed by atoms with E-state index in [1.54, 1.807) is 0 Å². The molecule has 0 spiro atoms. The maximum absolute atomic E-state index is 4.00. The second-order valence-electron chi connectivity index (χ2n) is 3.81. The van der Waals surface area contributed by atoms with E-state index in [4.69, 9.17) is 0 Å². The van der Waals surface area contributed by atoms with Gasteiger partial charge in [0.15, 0.2) is 0 Å². The Kier molecular flexibility index (Phi) is 5.97. The van der Waals surface area contributed by atoms with Crippen molar-refractivity contribution in [2.75, 3.05) is 34.2 Å². The molecule has 0 bridgehead atoms. The summed E-state index contributed by atoms with van der Waals surface area (Å²) in [5.41, 5.74) is 2.18. The highest BCUT2D eigenvalue weighted by atomic mass is 15.2. The minimum Gasteiger partial charge on any atom is -0.374 e. The molecule has 80 valence electrons. The molecule has 0 saturated carbocycles. The molecule has 2 heteroatoms. The first kappa shape index (κ1) is 13.0. The van der Waals surface area contributed by atoms with Gasteiger partial charge in [-0.3, -0.25) is 0 Å². The van der Waals surface area contributed by atoms with Gasteiger partial charge in [-0.1, -0.05) is 19.2 Å². The summed E-state index contributed by atoms with van der Waals surface area (Å²) in [4.78, 5) is 4.31. The molecule has 0 aromatic carbocycles. The van der Waals surface area contributed by atoms with Crippen molar-refractivity contribution in [3.63, 3.8) is 0 Å². The molecule has 0 heterocycles. The van der Waals surface area contributed by atoms with Crippen LogP contribution in [0.25, 0.3) is 0 Å². The lowest BCUT2D eigenvalue weighted by atomic mass is 10.2. The fraction of sp³-hybridized carbons (Fsp3) is 0.500. The van der Waals surface area contributed by atoms with Crippen molar-refractivity contribution in [3.05, 3.63) is 36.6 Å². The van der Waals surface area contributed by atoms with Crippen LogP contribution in [0, 0.1) is 0 Å². The molecule has 0 aliphatic rings.